The van der Waals surface area contributed by atoms with Gasteiger partial charge in [-0.1, -0.05) is 54.1 Å². The van der Waals surface area contributed by atoms with Crippen LogP contribution in [-0.4, -0.2) is 31.1 Å². The quantitative estimate of drug-likeness (QED) is 0.712. The molecule has 0 aromatic heterocycles. The summed E-state index contributed by atoms with van der Waals surface area (Å²) in [6.45, 7) is 0.495. The Kier molecular flexibility index (Phi) is 6.16. The summed E-state index contributed by atoms with van der Waals surface area (Å²) in [6, 6.07) is 16.8. The lowest BCUT2D eigenvalue weighted by atomic mass is 9.83. The van der Waals surface area contributed by atoms with Gasteiger partial charge in [0.1, 0.15) is 0 Å². The van der Waals surface area contributed by atoms with Gasteiger partial charge in [-0.05, 0) is 23.3 Å². The number of esters is 2. The highest BCUT2D eigenvalue weighted by molar-refractivity contribution is 6.30. The first-order chi connectivity index (χ1) is 13.5. The molecule has 0 amide bonds. The molecule has 1 aliphatic rings. The van der Waals surface area contributed by atoms with E-state index in [4.69, 9.17) is 21.1 Å². The maximum Gasteiger partial charge on any atom is 0.336 e. The van der Waals surface area contributed by atoms with Crippen molar-refractivity contribution in [1.82, 2.24) is 4.90 Å². The van der Waals surface area contributed by atoms with E-state index in [1.54, 1.807) is 41.6 Å². The summed E-state index contributed by atoms with van der Waals surface area (Å²) in [5.41, 5.74) is 2.48. The van der Waals surface area contributed by atoms with Crippen LogP contribution in [0, 0.1) is 0 Å². The summed E-state index contributed by atoms with van der Waals surface area (Å²) >= 11 is 6.00. The Labute approximate surface area is 168 Å². The standard InChI is InChI=1S/C22H20ClNO4/c1-27-21(25)18-13-24(12-15-6-4-3-5-7-15)14-19(22(26)28-2)20(18)16-8-10-17(23)11-9-16/h3-11,13-14,20H,12H2,1-2H3. The van der Waals surface area contributed by atoms with Gasteiger partial charge in [-0.25, -0.2) is 9.59 Å². The van der Waals surface area contributed by atoms with Crippen molar-refractivity contribution in [3.8, 4) is 0 Å². The smallest absolute Gasteiger partial charge is 0.336 e. The average Bonchev–Trinajstić information content (AvgIpc) is 2.73. The minimum Gasteiger partial charge on any atom is -0.466 e. The third-order valence-electron chi connectivity index (χ3n) is 4.49. The Morgan fingerprint density at radius 2 is 1.43 bits per heavy atom. The second-order valence-electron chi connectivity index (χ2n) is 6.29. The van der Waals surface area contributed by atoms with E-state index in [2.05, 4.69) is 0 Å². The van der Waals surface area contributed by atoms with E-state index >= 15 is 0 Å². The molecular formula is C22H20ClNO4. The van der Waals surface area contributed by atoms with Crippen LogP contribution in [0.4, 0.5) is 0 Å². The molecule has 1 heterocycles. The topological polar surface area (TPSA) is 55.8 Å². The number of rotatable bonds is 5. The van der Waals surface area contributed by atoms with Gasteiger partial charge in [0.15, 0.2) is 0 Å². The van der Waals surface area contributed by atoms with Gasteiger partial charge in [-0.15, -0.1) is 0 Å². The fraction of sp³-hybridized carbons (Fsp3) is 0.182. The van der Waals surface area contributed by atoms with Gasteiger partial charge in [0.2, 0.25) is 0 Å². The van der Waals surface area contributed by atoms with E-state index in [9.17, 15) is 9.59 Å². The number of halogens is 1. The molecule has 1 aliphatic heterocycles. The number of nitrogens with zero attached hydrogens (tertiary/aromatic N) is 1. The average molecular weight is 398 g/mol. The molecule has 28 heavy (non-hydrogen) atoms. The zero-order valence-electron chi connectivity index (χ0n) is 15.6. The van der Waals surface area contributed by atoms with E-state index in [0.29, 0.717) is 22.7 Å². The van der Waals surface area contributed by atoms with Crippen molar-refractivity contribution < 1.29 is 19.1 Å². The molecule has 0 N–H and O–H groups in total. The summed E-state index contributed by atoms with van der Waals surface area (Å²) in [4.78, 5) is 26.9. The molecule has 0 unspecified atom stereocenters. The van der Waals surface area contributed by atoms with Gasteiger partial charge < -0.3 is 14.4 Å². The number of benzene rings is 2. The maximum absolute atomic E-state index is 12.5. The summed E-state index contributed by atoms with van der Waals surface area (Å²) in [6.07, 6.45) is 3.43. The highest BCUT2D eigenvalue weighted by Gasteiger charge is 2.35. The lowest BCUT2D eigenvalue weighted by Crippen LogP contribution is -2.28. The predicted molar refractivity (Wildman–Crippen MR) is 106 cm³/mol. The van der Waals surface area contributed by atoms with Gasteiger partial charge in [0.05, 0.1) is 31.3 Å². The molecule has 0 saturated heterocycles. The second-order valence-corrected chi connectivity index (χ2v) is 6.73. The number of methoxy groups -OCH3 is 2. The molecule has 0 spiro atoms. The summed E-state index contributed by atoms with van der Waals surface area (Å²) < 4.78 is 9.97. The molecule has 0 saturated carbocycles. The van der Waals surface area contributed by atoms with Crippen LogP contribution in [0.1, 0.15) is 17.0 Å². The van der Waals surface area contributed by atoms with Crippen molar-refractivity contribution in [3.63, 3.8) is 0 Å². The number of carbonyl (C=O) groups is 2. The highest BCUT2D eigenvalue weighted by atomic mass is 35.5. The van der Waals surface area contributed by atoms with Crippen molar-refractivity contribution in [1.29, 1.82) is 0 Å². The summed E-state index contributed by atoms with van der Waals surface area (Å²) in [5.74, 6) is -1.62. The van der Waals surface area contributed by atoms with Crippen LogP contribution in [0.3, 0.4) is 0 Å². The lowest BCUT2D eigenvalue weighted by Gasteiger charge is -2.30. The van der Waals surface area contributed by atoms with Gasteiger partial charge in [0.25, 0.3) is 0 Å². The first-order valence-corrected chi connectivity index (χ1v) is 9.06. The Morgan fingerprint density at radius 3 is 1.93 bits per heavy atom. The summed E-state index contributed by atoms with van der Waals surface area (Å²) in [7, 11) is 2.64. The SMILES string of the molecule is COC(=O)C1=CN(Cc2ccccc2)C=C(C(=O)OC)C1c1ccc(Cl)cc1. The molecule has 0 radical (unpaired) electrons. The normalized spacial score (nSPS) is 14.2. The Morgan fingerprint density at radius 1 is 0.893 bits per heavy atom. The van der Waals surface area contributed by atoms with Crippen LogP contribution < -0.4 is 0 Å². The summed E-state index contributed by atoms with van der Waals surface area (Å²) in [5, 5.41) is 0.567. The highest BCUT2D eigenvalue weighted by Crippen LogP contribution is 2.37. The van der Waals surface area contributed by atoms with Gasteiger partial charge >= 0.3 is 11.9 Å². The van der Waals surface area contributed by atoms with Crippen molar-refractivity contribution in [2.75, 3.05) is 14.2 Å². The largest absolute Gasteiger partial charge is 0.466 e. The molecule has 0 bridgehead atoms. The Hall–Kier alpha value is -3.05. The van der Waals surface area contributed by atoms with Crippen LogP contribution in [0.2, 0.25) is 5.02 Å². The molecule has 3 rings (SSSR count). The number of hydrogen-bond acceptors (Lipinski definition) is 5. The molecule has 0 aliphatic carbocycles. The van der Waals surface area contributed by atoms with Gasteiger partial charge in [-0.3, -0.25) is 0 Å². The molecule has 6 heteroatoms. The molecule has 0 fully saturated rings. The van der Waals surface area contributed by atoms with Gasteiger partial charge in [0, 0.05) is 24.0 Å². The molecule has 5 nitrogen and oxygen atoms in total. The van der Waals surface area contributed by atoms with Crippen LogP contribution >= 0.6 is 11.6 Å². The van der Waals surface area contributed by atoms with E-state index in [0.717, 1.165) is 11.1 Å². The third kappa shape index (κ3) is 4.26. The van der Waals surface area contributed by atoms with E-state index in [-0.39, 0.29) is 0 Å². The van der Waals surface area contributed by atoms with E-state index in [1.807, 2.05) is 30.3 Å². The fourth-order valence-corrected chi connectivity index (χ4v) is 3.31. The van der Waals surface area contributed by atoms with Crippen LogP contribution in [0.5, 0.6) is 0 Å². The monoisotopic (exact) mass is 397 g/mol. The molecule has 2 aromatic carbocycles. The first-order valence-electron chi connectivity index (χ1n) is 8.68. The molecular weight excluding hydrogens is 378 g/mol. The fourth-order valence-electron chi connectivity index (χ4n) is 3.19. The van der Waals surface area contributed by atoms with Crippen LogP contribution in [0.25, 0.3) is 0 Å². The zero-order chi connectivity index (χ0) is 20.1. The maximum atomic E-state index is 12.5. The van der Waals surface area contributed by atoms with Crippen molar-refractivity contribution in [2.24, 2.45) is 0 Å². The number of hydrogen-bond donors (Lipinski definition) is 0. The van der Waals surface area contributed by atoms with Crippen molar-refractivity contribution >= 4 is 23.5 Å². The van der Waals surface area contributed by atoms with E-state index in [1.165, 1.54) is 14.2 Å². The van der Waals surface area contributed by atoms with Crippen molar-refractivity contribution in [3.05, 3.63) is 94.3 Å². The Balaban J connectivity index is 2.07. The van der Waals surface area contributed by atoms with Crippen LogP contribution in [-0.2, 0) is 25.6 Å². The molecule has 2 aromatic rings. The van der Waals surface area contributed by atoms with Crippen LogP contribution in [0.15, 0.2) is 78.1 Å². The first kappa shape index (κ1) is 19.7. The molecule has 144 valence electrons. The third-order valence-corrected chi connectivity index (χ3v) is 4.74. The predicted octanol–water partition coefficient (Wildman–Crippen LogP) is 4.05. The second kappa shape index (κ2) is 8.76. The Bertz CT molecular complexity index is 885. The van der Waals surface area contributed by atoms with Gasteiger partial charge in [-0.2, -0.15) is 0 Å². The number of ether oxygens (including phenoxy) is 2. The minimum absolute atomic E-state index is 0.351. The lowest BCUT2D eigenvalue weighted by molar-refractivity contribution is -0.137. The van der Waals surface area contributed by atoms with Crippen molar-refractivity contribution in [2.45, 2.75) is 12.5 Å². The van der Waals surface area contributed by atoms with E-state index < -0.39 is 17.9 Å². The zero-order valence-corrected chi connectivity index (χ0v) is 16.3. The minimum atomic E-state index is -0.607. The molecule has 0 atom stereocenters. The number of carbonyl (C=O) groups excluding carboxylic acids is 2.